The van der Waals surface area contributed by atoms with Crippen molar-refractivity contribution in [2.45, 2.75) is 13.8 Å². The molecule has 2 aromatic carbocycles. The van der Waals surface area contributed by atoms with Crippen LogP contribution in [0, 0.1) is 13.8 Å². The van der Waals surface area contributed by atoms with E-state index in [1.165, 1.54) is 6.07 Å². The average Bonchev–Trinajstić information content (AvgIpc) is 2.68. The molecule has 6 heteroatoms. The summed E-state index contributed by atoms with van der Waals surface area (Å²) < 4.78 is 12.2. The molecule has 0 fully saturated rings. The van der Waals surface area contributed by atoms with Crippen LogP contribution in [0.15, 0.2) is 59.4 Å². The van der Waals surface area contributed by atoms with Gasteiger partial charge in [0.25, 0.3) is 5.91 Å². The zero-order chi connectivity index (χ0) is 20.3. The predicted octanol–water partition coefficient (Wildman–Crippen LogP) is 3.72. The van der Waals surface area contributed by atoms with Crippen LogP contribution < -0.4 is 20.2 Å². The Morgan fingerprint density at radius 3 is 1.96 bits per heavy atom. The van der Waals surface area contributed by atoms with Crippen molar-refractivity contribution in [3.63, 3.8) is 0 Å². The minimum absolute atomic E-state index is 0.109. The summed E-state index contributed by atoms with van der Waals surface area (Å²) in [5.74, 6) is 0.971. The van der Waals surface area contributed by atoms with Crippen LogP contribution in [0.1, 0.15) is 21.7 Å². The molecule has 0 aliphatic heterocycles. The third-order valence-corrected chi connectivity index (χ3v) is 4.54. The Kier molecular flexibility index (Phi) is 5.49. The van der Waals surface area contributed by atoms with Crippen molar-refractivity contribution in [1.29, 1.82) is 0 Å². The number of aryl methyl sites for hydroxylation is 1. The van der Waals surface area contributed by atoms with Gasteiger partial charge in [-0.1, -0.05) is 0 Å². The Hall–Kier alpha value is -3.54. The number of aromatic nitrogens is 1. The van der Waals surface area contributed by atoms with Gasteiger partial charge in [-0.2, -0.15) is 0 Å². The lowest BCUT2D eigenvalue weighted by atomic mass is 10.1. The third kappa shape index (κ3) is 3.76. The zero-order valence-electron chi connectivity index (χ0n) is 16.3. The molecule has 0 saturated carbocycles. The van der Waals surface area contributed by atoms with E-state index in [0.29, 0.717) is 17.1 Å². The van der Waals surface area contributed by atoms with Gasteiger partial charge in [-0.3, -0.25) is 9.59 Å². The van der Waals surface area contributed by atoms with E-state index < -0.39 is 5.91 Å². The van der Waals surface area contributed by atoms with Gasteiger partial charge in [0, 0.05) is 28.8 Å². The Labute approximate surface area is 163 Å². The molecule has 0 atom stereocenters. The van der Waals surface area contributed by atoms with Crippen LogP contribution in [-0.4, -0.2) is 24.7 Å². The molecule has 1 heterocycles. The summed E-state index contributed by atoms with van der Waals surface area (Å²) in [6, 6.07) is 15.8. The SMILES string of the molecule is COc1ccc(NC(=O)c2c(C)n(-c3ccc(OC)cc3)c(C)cc2=O)cc1. The molecule has 144 valence electrons. The number of methoxy groups -OCH3 is 2. The number of nitrogens with one attached hydrogen (secondary N) is 1. The summed E-state index contributed by atoms with van der Waals surface area (Å²) in [5, 5.41) is 2.78. The van der Waals surface area contributed by atoms with Gasteiger partial charge in [0.15, 0.2) is 5.43 Å². The van der Waals surface area contributed by atoms with Crippen LogP contribution in [0.2, 0.25) is 0 Å². The van der Waals surface area contributed by atoms with Gasteiger partial charge in [-0.05, 0) is 62.4 Å². The van der Waals surface area contributed by atoms with Crippen LogP contribution in [-0.2, 0) is 0 Å². The number of pyridine rings is 1. The van der Waals surface area contributed by atoms with Gasteiger partial charge in [-0.15, -0.1) is 0 Å². The highest BCUT2D eigenvalue weighted by Gasteiger charge is 2.18. The summed E-state index contributed by atoms with van der Waals surface area (Å²) in [4.78, 5) is 25.4. The quantitative estimate of drug-likeness (QED) is 0.735. The first-order valence-corrected chi connectivity index (χ1v) is 8.77. The molecule has 0 saturated heterocycles. The maximum atomic E-state index is 12.8. The topological polar surface area (TPSA) is 69.6 Å². The van der Waals surface area contributed by atoms with Gasteiger partial charge in [0.05, 0.1) is 14.2 Å². The predicted molar refractivity (Wildman–Crippen MR) is 109 cm³/mol. The smallest absolute Gasteiger partial charge is 0.261 e. The van der Waals surface area contributed by atoms with Crippen molar-refractivity contribution in [2.75, 3.05) is 19.5 Å². The number of rotatable bonds is 5. The molecule has 1 aromatic heterocycles. The molecular formula is C22H22N2O4. The Morgan fingerprint density at radius 2 is 1.43 bits per heavy atom. The van der Waals surface area contributed by atoms with Gasteiger partial charge in [0.1, 0.15) is 17.1 Å². The zero-order valence-corrected chi connectivity index (χ0v) is 16.3. The van der Waals surface area contributed by atoms with Crippen molar-refractivity contribution in [3.05, 3.63) is 81.8 Å². The number of carbonyl (C=O) groups excluding carboxylic acids is 1. The van der Waals surface area contributed by atoms with Gasteiger partial charge < -0.3 is 19.4 Å². The highest BCUT2D eigenvalue weighted by molar-refractivity contribution is 6.05. The van der Waals surface area contributed by atoms with Crippen LogP contribution in [0.5, 0.6) is 11.5 Å². The summed E-state index contributed by atoms with van der Waals surface area (Å²) in [5.41, 5.74) is 2.54. The van der Waals surface area contributed by atoms with Crippen molar-refractivity contribution in [3.8, 4) is 17.2 Å². The Morgan fingerprint density at radius 1 is 0.893 bits per heavy atom. The lowest BCUT2D eigenvalue weighted by Crippen LogP contribution is -2.26. The normalized spacial score (nSPS) is 10.4. The molecule has 0 unspecified atom stereocenters. The van der Waals surface area contributed by atoms with E-state index in [1.54, 1.807) is 45.4 Å². The first-order valence-electron chi connectivity index (χ1n) is 8.77. The van der Waals surface area contributed by atoms with Crippen molar-refractivity contribution < 1.29 is 14.3 Å². The van der Waals surface area contributed by atoms with Gasteiger partial charge >= 0.3 is 0 Å². The van der Waals surface area contributed by atoms with Crippen LogP contribution in [0.4, 0.5) is 5.69 Å². The number of hydrogen-bond acceptors (Lipinski definition) is 4. The number of amides is 1. The lowest BCUT2D eigenvalue weighted by molar-refractivity contribution is 0.102. The van der Waals surface area contributed by atoms with Crippen molar-refractivity contribution in [1.82, 2.24) is 4.57 Å². The Balaban J connectivity index is 2.00. The number of hydrogen-bond donors (Lipinski definition) is 1. The first kappa shape index (κ1) is 19.2. The molecular weight excluding hydrogens is 356 g/mol. The van der Waals surface area contributed by atoms with Crippen molar-refractivity contribution >= 4 is 11.6 Å². The number of carbonyl (C=O) groups is 1. The number of benzene rings is 2. The lowest BCUT2D eigenvalue weighted by Gasteiger charge is -2.18. The second-order valence-electron chi connectivity index (χ2n) is 6.33. The van der Waals surface area contributed by atoms with E-state index in [-0.39, 0.29) is 11.0 Å². The van der Waals surface area contributed by atoms with Crippen molar-refractivity contribution in [2.24, 2.45) is 0 Å². The van der Waals surface area contributed by atoms with E-state index in [4.69, 9.17) is 9.47 Å². The number of nitrogens with zero attached hydrogens (tertiary/aromatic N) is 1. The van der Waals surface area contributed by atoms with E-state index in [1.807, 2.05) is 35.8 Å². The second-order valence-corrected chi connectivity index (χ2v) is 6.33. The summed E-state index contributed by atoms with van der Waals surface area (Å²) in [6.07, 6.45) is 0. The van der Waals surface area contributed by atoms with Crippen LogP contribution in [0.25, 0.3) is 5.69 Å². The van der Waals surface area contributed by atoms with E-state index in [2.05, 4.69) is 5.32 Å². The molecule has 1 N–H and O–H groups in total. The fraction of sp³-hybridized carbons (Fsp3) is 0.182. The fourth-order valence-electron chi connectivity index (χ4n) is 3.15. The summed E-state index contributed by atoms with van der Waals surface area (Å²) in [7, 11) is 3.18. The molecule has 3 rings (SSSR count). The fourth-order valence-corrected chi connectivity index (χ4v) is 3.15. The minimum atomic E-state index is -0.449. The standard InChI is InChI=1S/C22H22N2O4/c1-14-13-20(25)21(22(26)23-16-5-9-18(27-3)10-6-16)15(2)24(14)17-7-11-19(28-4)12-8-17/h5-13H,1-4H3,(H,23,26). The van der Waals surface area contributed by atoms with E-state index in [9.17, 15) is 9.59 Å². The van der Waals surface area contributed by atoms with Gasteiger partial charge in [-0.25, -0.2) is 0 Å². The number of anilines is 1. The monoisotopic (exact) mass is 378 g/mol. The molecule has 6 nitrogen and oxygen atoms in total. The summed E-state index contributed by atoms with van der Waals surface area (Å²) >= 11 is 0. The average molecular weight is 378 g/mol. The Bertz CT molecular complexity index is 1050. The molecule has 1 amide bonds. The highest BCUT2D eigenvalue weighted by Crippen LogP contribution is 2.20. The summed E-state index contributed by atoms with van der Waals surface area (Å²) in [6.45, 7) is 3.60. The molecule has 0 aliphatic rings. The van der Waals surface area contributed by atoms with Crippen LogP contribution in [0.3, 0.4) is 0 Å². The molecule has 0 radical (unpaired) electrons. The minimum Gasteiger partial charge on any atom is -0.497 e. The molecule has 0 spiro atoms. The first-order chi connectivity index (χ1) is 13.4. The molecule has 28 heavy (non-hydrogen) atoms. The van der Waals surface area contributed by atoms with Crippen LogP contribution >= 0.6 is 0 Å². The molecule has 0 bridgehead atoms. The maximum absolute atomic E-state index is 12.8. The third-order valence-electron chi connectivity index (χ3n) is 4.54. The largest absolute Gasteiger partial charge is 0.497 e. The second kappa shape index (κ2) is 8.00. The number of ether oxygens (including phenoxy) is 2. The molecule has 0 aliphatic carbocycles. The maximum Gasteiger partial charge on any atom is 0.261 e. The highest BCUT2D eigenvalue weighted by atomic mass is 16.5. The molecule has 3 aromatic rings. The van der Waals surface area contributed by atoms with E-state index >= 15 is 0 Å². The van der Waals surface area contributed by atoms with Gasteiger partial charge in [0.2, 0.25) is 0 Å². The van der Waals surface area contributed by atoms with E-state index in [0.717, 1.165) is 17.1 Å².